The van der Waals surface area contributed by atoms with Crippen molar-refractivity contribution in [3.63, 3.8) is 0 Å². The second-order valence-electron chi connectivity index (χ2n) is 4.96. The maximum Gasteiger partial charge on any atom is 0.191 e. The fourth-order valence-electron chi connectivity index (χ4n) is 1.99. The van der Waals surface area contributed by atoms with Crippen LogP contribution < -0.4 is 15.5 Å². The number of nitrogens with zero attached hydrogens (tertiary/aromatic N) is 3. The topological polar surface area (TPSA) is 52.6 Å². The van der Waals surface area contributed by atoms with E-state index in [1.54, 1.807) is 11.3 Å². The van der Waals surface area contributed by atoms with Gasteiger partial charge in [0.05, 0.1) is 12.2 Å². The molecule has 0 bridgehead atoms. The van der Waals surface area contributed by atoms with Crippen LogP contribution >= 0.6 is 23.1 Å². The highest BCUT2D eigenvalue weighted by Crippen LogP contribution is 2.25. The van der Waals surface area contributed by atoms with Gasteiger partial charge in [-0.05, 0) is 18.6 Å². The number of thiazole rings is 1. The number of thioether (sulfide) groups is 1. The first kappa shape index (κ1) is 15.4. The minimum atomic E-state index is 0.710. The van der Waals surface area contributed by atoms with Crippen LogP contribution in [0.15, 0.2) is 10.4 Å². The van der Waals surface area contributed by atoms with Crippen LogP contribution in [0.1, 0.15) is 18.5 Å². The normalized spacial score (nSPS) is 19.1. The zero-order valence-electron chi connectivity index (χ0n) is 12.3. The monoisotopic (exact) mass is 313 g/mol. The third-order valence-electron chi connectivity index (χ3n) is 3.10. The van der Waals surface area contributed by atoms with Gasteiger partial charge < -0.3 is 15.5 Å². The minimum Gasteiger partial charge on any atom is -0.355 e. The molecular weight excluding hydrogens is 290 g/mol. The Morgan fingerprint density at radius 2 is 2.35 bits per heavy atom. The number of nitrogens with one attached hydrogen (secondary N) is 2. The quantitative estimate of drug-likeness (QED) is 0.641. The molecule has 1 aliphatic rings. The van der Waals surface area contributed by atoms with Crippen LogP contribution in [0.3, 0.4) is 0 Å². The first-order valence-corrected chi connectivity index (χ1v) is 8.79. The molecule has 112 valence electrons. The molecule has 5 nitrogen and oxygen atoms in total. The molecule has 0 spiro atoms. The molecule has 0 amide bonds. The van der Waals surface area contributed by atoms with Crippen molar-refractivity contribution in [2.75, 3.05) is 38.3 Å². The number of guanidine groups is 1. The Labute approximate surface area is 129 Å². The van der Waals surface area contributed by atoms with Gasteiger partial charge in [-0.3, -0.25) is 4.99 Å². The molecule has 1 atom stereocenters. The van der Waals surface area contributed by atoms with Crippen molar-refractivity contribution in [2.24, 2.45) is 4.99 Å². The predicted molar refractivity (Wildman–Crippen MR) is 90.1 cm³/mol. The van der Waals surface area contributed by atoms with Crippen molar-refractivity contribution in [1.82, 2.24) is 15.6 Å². The van der Waals surface area contributed by atoms with E-state index in [4.69, 9.17) is 0 Å². The molecule has 1 unspecified atom stereocenters. The van der Waals surface area contributed by atoms with Crippen LogP contribution in [-0.4, -0.2) is 49.6 Å². The van der Waals surface area contributed by atoms with Crippen molar-refractivity contribution >= 4 is 34.2 Å². The summed E-state index contributed by atoms with van der Waals surface area (Å²) in [5, 5.41) is 10.6. The SMILES string of the molecule is CN=C(NCc1csc(N(C)C)n1)NCC1CCCS1. The molecule has 0 saturated carbocycles. The maximum absolute atomic E-state index is 4.55. The van der Waals surface area contributed by atoms with Gasteiger partial charge in [0, 0.05) is 38.3 Å². The van der Waals surface area contributed by atoms with Crippen LogP contribution in [0.2, 0.25) is 0 Å². The molecule has 7 heteroatoms. The lowest BCUT2D eigenvalue weighted by atomic mass is 10.2. The van der Waals surface area contributed by atoms with E-state index in [9.17, 15) is 0 Å². The molecule has 1 saturated heterocycles. The van der Waals surface area contributed by atoms with E-state index in [-0.39, 0.29) is 0 Å². The molecule has 20 heavy (non-hydrogen) atoms. The van der Waals surface area contributed by atoms with E-state index in [1.807, 2.05) is 26.0 Å². The highest BCUT2D eigenvalue weighted by Gasteiger charge is 2.15. The second kappa shape index (κ2) is 7.73. The first-order chi connectivity index (χ1) is 9.69. The van der Waals surface area contributed by atoms with Gasteiger partial charge in [0.15, 0.2) is 11.1 Å². The fourth-order valence-corrected chi connectivity index (χ4v) is 3.95. The largest absolute Gasteiger partial charge is 0.355 e. The molecule has 2 rings (SSSR count). The average molecular weight is 313 g/mol. The summed E-state index contributed by atoms with van der Waals surface area (Å²) >= 11 is 3.72. The molecule has 0 radical (unpaired) electrons. The standard InChI is InChI=1S/C13H23N5S2/c1-14-12(16-8-11-5-4-6-19-11)15-7-10-9-20-13(17-10)18(2)3/h9,11H,4-8H2,1-3H3,(H2,14,15,16). The van der Waals surface area contributed by atoms with Gasteiger partial charge >= 0.3 is 0 Å². The number of aliphatic imine (C=N–C) groups is 1. The molecule has 2 heterocycles. The van der Waals surface area contributed by atoms with Crippen LogP contribution in [0.4, 0.5) is 5.13 Å². The molecule has 0 aromatic carbocycles. The van der Waals surface area contributed by atoms with Crippen molar-refractivity contribution in [3.8, 4) is 0 Å². The van der Waals surface area contributed by atoms with Gasteiger partial charge in [-0.2, -0.15) is 11.8 Å². The van der Waals surface area contributed by atoms with Crippen molar-refractivity contribution in [1.29, 1.82) is 0 Å². The Hall–Kier alpha value is -0.950. The van der Waals surface area contributed by atoms with Gasteiger partial charge in [0.2, 0.25) is 0 Å². The molecule has 0 aliphatic carbocycles. The summed E-state index contributed by atoms with van der Waals surface area (Å²) in [5.74, 6) is 2.15. The summed E-state index contributed by atoms with van der Waals surface area (Å²) in [6.07, 6.45) is 2.65. The summed E-state index contributed by atoms with van der Waals surface area (Å²) in [4.78, 5) is 10.8. The van der Waals surface area contributed by atoms with Gasteiger partial charge in [0.1, 0.15) is 0 Å². The molecular formula is C13H23N5S2. The van der Waals surface area contributed by atoms with E-state index >= 15 is 0 Å². The van der Waals surface area contributed by atoms with E-state index in [1.165, 1.54) is 18.6 Å². The summed E-state index contributed by atoms with van der Waals surface area (Å²) in [5.41, 5.74) is 1.05. The lowest BCUT2D eigenvalue weighted by Crippen LogP contribution is -2.39. The molecule has 1 aromatic heterocycles. The predicted octanol–water partition coefficient (Wildman–Crippen LogP) is 1.77. The van der Waals surface area contributed by atoms with Crippen LogP contribution in [0.25, 0.3) is 0 Å². The van der Waals surface area contributed by atoms with Crippen molar-refractivity contribution < 1.29 is 0 Å². The summed E-state index contributed by atoms with van der Waals surface area (Å²) in [6.45, 7) is 1.70. The van der Waals surface area contributed by atoms with Crippen LogP contribution in [0, 0.1) is 0 Å². The maximum atomic E-state index is 4.55. The van der Waals surface area contributed by atoms with E-state index < -0.39 is 0 Å². The van der Waals surface area contributed by atoms with E-state index in [2.05, 4.69) is 37.8 Å². The summed E-state index contributed by atoms with van der Waals surface area (Å²) in [6, 6.07) is 0. The van der Waals surface area contributed by atoms with E-state index in [0.717, 1.165) is 28.6 Å². The summed E-state index contributed by atoms with van der Waals surface area (Å²) in [7, 11) is 5.83. The Kier molecular flexibility index (Phi) is 5.97. The Bertz CT molecular complexity index is 438. The average Bonchev–Trinajstić information content (AvgIpc) is 3.10. The van der Waals surface area contributed by atoms with Gasteiger partial charge in [-0.25, -0.2) is 4.98 Å². The Morgan fingerprint density at radius 3 is 2.95 bits per heavy atom. The Morgan fingerprint density at radius 1 is 1.50 bits per heavy atom. The third-order valence-corrected chi connectivity index (χ3v) is 5.56. The fraction of sp³-hybridized carbons (Fsp3) is 0.692. The van der Waals surface area contributed by atoms with E-state index in [0.29, 0.717) is 6.54 Å². The highest BCUT2D eigenvalue weighted by molar-refractivity contribution is 8.00. The number of hydrogen-bond acceptors (Lipinski definition) is 5. The smallest absolute Gasteiger partial charge is 0.191 e. The zero-order chi connectivity index (χ0) is 14.4. The zero-order valence-corrected chi connectivity index (χ0v) is 14.0. The van der Waals surface area contributed by atoms with Gasteiger partial charge in [-0.15, -0.1) is 11.3 Å². The van der Waals surface area contributed by atoms with Crippen LogP contribution in [-0.2, 0) is 6.54 Å². The lowest BCUT2D eigenvalue weighted by Gasteiger charge is -2.14. The van der Waals surface area contributed by atoms with Gasteiger partial charge in [0.25, 0.3) is 0 Å². The van der Waals surface area contributed by atoms with Crippen molar-refractivity contribution in [3.05, 3.63) is 11.1 Å². The van der Waals surface area contributed by atoms with Crippen LogP contribution in [0.5, 0.6) is 0 Å². The molecule has 1 fully saturated rings. The third kappa shape index (κ3) is 4.56. The molecule has 2 N–H and O–H groups in total. The number of aromatic nitrogens is 1. The Balaban J connectivity index is 1.75. The second-order valence-corrected chi connectivity index (χ2v) is 7.20. The minimum absolute atomic E-state index is 0.710. The highest BCUT2D eigenvalue weighted by atomic mass is 32.2. The van der Waals surface area contributed by atoms with Crippen molar-refractivity contribution in [2.45, 2.75) is 24.6 Å². The number of hydrogen-bond donors (Lipinski definition) is 2. The number of anilines is 1. The lowest BCUT2D eigenvalue weighted by molar-refractivity contribution is 0.724. The summed E-state index contributed by atoms with van der Waals surface area (Å²) < 4.78 is 0. The first-order valence-electron chi connectivity index (χ1n) is 6.87. The molecule has 1 aromatic rings. The van der Waals surface area contributed by atoms with Gasteiger partial charge in [-0.1, -0.05) is 0 Å². The molecule has 1 aliphatic heterocycles. The number of rotatable bonds is 5.